The highest BCUT2D eigenvalue weighted by molar-refractivity contribution is 5.84. The monoisotopic (exact) mass is 378 g/mol. The summed E-state index contributed by atoms with van der Waals surface area (Å²) in [5.74, 6) is -1.37. The van der Waals surface area contributed by atoms with Gasteiger partial charge in [0.2, 0.25) is 11.7 Å². The van der Waals surface area contributed by atoms with Gasteiger partial charge in [-0.05, 0) is 27.2 Å². The Bertz CT molecular complexity index is 779. The van der Waals surface area contributed by atoms with Gasteiger partial charge in [0.25, 0.3) is 0 Å². The van der Waals surface area contributed by atoms with Crippen molar-refractivity contribution in [2.75, 3.05) is 19.6 Å². The molecule has 1 aromatic rings. The molecule has 0 unspecified atom stereocenters. The summed E-state index contributed by atoms with van der Waals surface area (Å²) in [5, 5.41) is 9.21. The summed E-state index contributed by atoms with van der Waals surface area (Å²) in [6, 6.07) is 0. The van der Waals surface area contributed by atoms with Crippen LogP contribution >= 0.6 is 0 Å². The molecule has 1 atom stereocenters. The molecular weight excluding hydrogens is 352 g/mol. The fourth-order valence-electron chi connectivity index (χ4n) is 3.62. The highest BCUT2D eigenvalue weighted by Gasteiger charge is 2.37. The van der Waals surface area contributed by atoms with E-state index in [1.54, 1.807) is 21.4 Å². The number of nitrogens with zero attached hydrogens (tertiary/aromatic N) is 4. The lowest BCUT2D eigenvalue weighted by Gasteiger charge is -2.29. The summed E-state index contributed by atoms with van der Waals surface area (Å²) in [6.45, 7) is 7.11. The smallest absolute Gasteiger partial charge is 0.410 e. The minimum Gasteiger partial charge on any atom is -0.475 e. The molecule has 9 heteroatoms. The molecule has 0 spiro atoms. The van der Waals surface area contributed by atoms with E-state index in [1.807, 2.05) is 20.8 Å². The van der Waals surface area contributed by atoms with Gasteiger partial charge in [0.05, 0.1) is 18.2 Å². The summed E-state index contributed by atoms with van der Waals surface area (Å²) in [5.41, 5.74) is 0.929. The number of carboxylic acid groups (broad SMARTS) is 1. The molecule has 1 aromatic heterocycles. The van der Waals surface area contributed by atoms with Gasteiger partial charge in [-0.1, -0.05) is 0 Å². The second kappa shape index (κ2) is 6.86. The van der Waals surface area contributed by atoms with Crippen LogP contribution in [0.4, 0.5) is 4.79 Å². The number of hydrogen-bond donors (Lipinski definition) is 1. The Morgan fingerprint density at radius 1 is 1.19 bits per heavy atom. The number of aromatic carboxylic acids is 1. The van der Waals surface area contributed by atoms with E-state index in [0.29, 0.717) is 44.7 Å². The first-order valence-electron chi connectivity index (χ1n) is 9.11. The number of imidazole rings is 1. The van der Waals surface area contributed by atoms with Crippen LogP contribution in [-0.4, -0.2) is 67.7 Å². The third kappa shape index (κ3) is 3.91. The van der Waals surface area contributed by atoms with Crippen LogP contribution in [0.25, 0.3) is 0 Å². The number of amides is 2. The zero-order valence-electron chi connectivity index (χ0n) is 16.2. The van der Waals surface area contributed by atoms with Gasteiger partial charge in [0, 0.05) is 38.8 Å². The molecule has 0 aromatic carbocycles. The number of aromatic nitrogens is 2. The fraction of sp³-hybridized carbons (Fsp3) is 0.667. The summed E-state index contributed by atoms with van der Waals surface area (Å²) >= 11 is 0. The van der Waals surface area contributed by atoms with Crippen molar-refractivity contribution in [2.24, 2.45) is 13.0 Å². The van der Waals surface area contributed by atoms with Crippen LogP contribution in [0.5, 0.6) is 0 Å². The molecule has 2 aliphatic heterocycles. The maximum absolute atomic E-state index is 12.9. The number of likely N-dealkylation sites (tertiary alicyclic amines) is 1. The summed E-state index contributed by atoms with van der Waals surface area (Å²) in [4.78, 5) is 43.8. The zero-order chi connectivity index (χ0) is 19.9. The lowest BCUT2D eigenvalue weighted by atomic mass is 10.0. The van der Waals surface area contributed by atoms with E-state index in [2.05, 4.69) is 4.98 Å². The predicted octanol–water partition coefficient (Wildman–Crippen LogP) is 1.26. The molecule has 0 bridgehead atoms. The van der Waals surface area contributed by atoms with Gasteiger partial charge in [-0.3, -0.25) is 4.79 Å². The Balaban J connectivity index is 1.64. The highest BCUT2D eigenvalue weighted by atomic mass is 16.6. The van der Waals surface area contributed by atoms with Crippen molar-refractivity contribution in [3.63, 3.8) is 0 Å². The highest BCUT2D eigenvalue weighted by Crippen LogP contribution is 2.25. The van der Waals surface area contributed by atoms with Gasteiger partial charge in [-0.2, -0.15) is 0 Å². The first kappa shape index (κ1) is 19.2. The second-order valence-corrected chi connectivity index (χ2v) is 8.11. The van der Waals surface area contributed by atoms with Gasteiger partial charge in [0.15, 0.2) is 0 Å². The van der Waals surface area contributed by atoms with E-state index in [0.717, 1.165) is 5.69 Å². The van der Waals surface area contributed by atoms with Crippen LogP contribution in [0.2, 0.25) is 0 Å². The average Bonchev–Trinajstić information content (AvgIpc) is 3.18. The van der Waals surface area contributed by atoms with Gasteiger partial charge >= 0.3 is 12.1 Å². The Labute approximate surface area is 157 Å². The molecular formula is C18H26N4O5. The third-order valence-electron chi connectivity index (χ3n) is 4.95. The molecule has 2 amide bonds. The predicted molar refractivity (Wildman–Crippen MR) is 95.2 cm³/mol. The number of carbonyl (C=O) groups excluding carboxylic acids is 2. The molecule has 1 fully saturated rings. The quantitative estimate of drug-likeness (QED) is 0.831. The van der Waals surface area contributed by atoms with Gasteiger partial charge in [-0.15, -0.1) is 0 Å². The van der Waals surface area contributed by atoms with E-state index < -0.39 is 17.7 Å². The number of carboxylic acids is 1. The van der Waals surface area contributed by atoms with Crippen LogP contribution in [0.3, 0.4) is 0 Å². The minimum absolute atomic E-state index is 0.00809. The van der Waals surface area contributed by atoms with Crippen molar-refractivity contribution in [1.82, 2.24) is 19.4 Å². The molecule has 3 rings (SSSR count). The lowest BCUT2D eigenvalue weighted by molar-refractivity contribution is -0.136. The number of carbonyl (C=O) groups is 3. The Morgan fingerprint density at radius 2 is 1.89 bits per heavy atom. The van der Waals surface area contributed by atoms with Gasteiger partial charge in [0.1, 0.15) is 5.60 Å². The molecule has 9 nitrogen and oxygen atoms in total. The Kier molecular flexibility index (Phi) is 4.88. The zero-order valence-corrected chi connectivity index (χ0v) is 16.2. The van der Waals surface area contributed by atoms with E-state index in [4.69, 9.17) is 4.74 Å². The van der Waals surface area contributed by atoms with Crippen molar-refractivity contribution >= 4 is 18.0 Å². The van der Waals surface area contributed by atoms with Crippen LogP contribution in [-0.2, 0) is 29.5 Å². The molecule has 2 aliphatic rings. The molecule has 0 radical (unpaired) electrons. The molecule has 0 saturated carbocycles. The minimum atomic E-state index is -1.08. The third-order valence-corrected chi connectivity index (χ3v) is 4.95. The van der Waals surface area contributed by atoms with Crippen LogP contribution < -0.4 is 0 Å². The summed E-state index contributed by atoms with van der Waals surface area (Å²) < 4.78 is 6.96. The van der Waals surface area contributed by atoms with E-state index in [9.17, 15) is 19.5 Å². The average molecular weight is 378 g/mol. The van der Waals surface area contributed by atoms with Gasteiger partial charge in [-0.25, -0.2) is 14.6 Å². The molecule has 148 valence electrons. The fourth-order valence-corrected chi connectivity index (χ4v) is 3.62. The van der Waals surface area contributed by atoms with E-state index in [-0.39, 0.29) is 17.6 Å². The molecule has 0 aliphatic carbocycles. The molecule has 3 heterocycles. The largest absolute Gasteiger partial charge is 0.475 e. The van der Waals surface area contributed by atoms with Crippen molar-refractivity contribution < 1.29 is 24.2 Å². The second-order valence-electron chi connectivity index (χ2n) is 8.11. The maximum Gasteiger partial charge on any atom is 0.410 e. The standard InChI is InChI=1S/C18H26N4O5/c1-18(2,3)27-17(26)22-7-5-11(9-22)15(23)21-8-6-13-12(10-21)19-14(16(24)25)20(13)4/h11H,5-10H2,1-4H3,(H,24,25)/t11-/m0/s1. The number of ether oxygens (including phenoxy) is 1. The van der Waals surface area contributed by atoms with Crippen LogP contribution in [0.1, 0.15) is 49.2 Å². The van der Waals surface area contributed by atoms with Gasteiger partial charge < -0.3 is 24.2 Å². The normalized spacial score (nSPS) is 19.8. The van der Waals surface area contributed by atoms with Crippen molar-refractivity contribution in [2.45, 2.75) is 45.8 Å². The number of hydrogen-bond acceptors (Lipinski definition) is 5. The first-order valence-corrected chi connectivity index (χ1v) is 9.11. The SMILES string of the molecule is Cn1c(C(=O)O)nc2c1CCN(C(=O)[C@H]1CCN(C(=O)OC(C)(C)C)C1)C2. The topological polar surface area (TPSA) is 105 Å². The maximum atomic E-state index is 12.9. The molecule has 1 N–H and O–H groups in total. The number of fused-ring (bicyclic) bond motifs is 1. The summed E-state index contributed by atoms with van der Waals surface area (Å²) in [6.07, 6.45) is 0.777. The Hall–Kier alpha value is -2.58. The van der Waals surface area contributed by atoms with Crippen molar-refractivity contribution in [3.8, 4) is 0 Å². The summed E-state index contributed by atoms with van der Waals surface area (Å²) in [7, 11) is 1.68. The van der Waals surface area contributed by atoms with E-state index >= 15 is 0 Å². The Morgan fingerprint density at radius 3 is 2.52 bits per heavy atom. The van der Waals surface area contributed by atoms with E-state index in [1.165, 1.54) is 0 Å². The van der Waals surface area contributed by atoms with Crippen molar-refractivity contribution in [1.29, 1.82) is 0 Å². The lowest BCUT2D eigenvalue weighted by Crippen LogP contribution is -2.42. The van der Waals surface area contributed by atoms with Crippen molar-refractivity contribution in [3.05, 3.63) is 17.2 Å². The van der Waals surface area contributed by atoms with Crippen LogP contribution in [0, 0.1) is 5.92 Å². The number of rotatable bonds is 2. The first-order chi connectivity index (χ1) is 12.6. The van der Waals surface area contributed by atoms with Crippen LogP contribution in [0.15, 0.2) is 0 Å². The molecule has 1 saturated heterocycles. The molecule has 27 heavy (non-hydrogen) atoms.